The normalized spacial score (nSPS) is 26.6. The third kappa shape index (κ3) is 4.41. The number of benzene rings is 2. The number of hydrogen-bond acceptors (Lipinski definition) is 5. The fraction of sp³-hybridized carbons (Fsp3) is 0.368. The lowest BCUT2D eigenvalue weighted by Crippen LogP contribution is -2.37. The molecule has 2 N–H and O–H groups in total. The first-order valence-corrected chi connectivity index (χ1v) is 8.03. The Kier molecular flexibility index (Phi) is 5.96. The van der Waals surface area contributed by atoms with Gasteiger partial charge in [-0.1, -0.05) is 60.7 Å². The summed E-state index contributed by atoms with van der Waals surface area (Å²) in [5, 5.41) is 19.8. The van der Waals surface area contributed by atoms with Crippen LogP contribution in [0.4, 0.5) is 0 Å². The van der Waals surface area contributed by atoms with Crippen molar-refractivity contribution >= 4 is 0 Å². The second-order valence-corrected chi connectivity index (χ2v) is 5.82. The van der Waals surface area contributed by atoms with E-state index in [2.05, 4.69) is 0 Å². The molecule has 5 nitrogen and oxygen atoms in total. The van der Waals surface area contributed by atoms with Gasteiger partial charge in [-0.3, -0.25) is 0 Å². The molecule has 24 heavy (non-hydrogen) atoms. The van der Waals surface area contributed by atoms with Crippen LogP contribution in [0, 0.1) is 0 Å². The second-order valence-electron chi connectivity index (χ2n) is 5.82. The van der Waals surface area contributed by atoms with Crippen LogP contribution in [0.15, 0.2) is 60.7 Å². The molecule has 2 aromatic rings. The lowest BCUT2D eigenvalue weighted by molar-refractivity contribution is -0.137. The highest BCUT2D eigenvalue weighted by atomic mass is 16.7. The van der Waals surface area contributed by atoms with E-state index in [0.29, 0.717) is 13.2 Å². The Morgan fingerprint density at radius 2 is 1.42 bits per heavy atom. The molecule has 5 heteroatoms. The molecule has 1 heterocycles. The van der Waals surface area contributed by atoms with Gasteiger partial charge in [-0.05, 0) is 11.1 Å². The summed E-state index contributed by atoms with van der Waals surface area (Å²) < 4.78 is 16.8. The van der Waals surface area contributed by atoms with Crippen LogP contribution >= 0.6 is 0 Å². The molecule has 0 aliphatic carbocycles. The maximum atomic E-state index is 10.1. The van der Waals surface area contributed by atoms with E-state index in [1.807, 2.05) is 60.7 Å². The van der Waals surface area contributed by atoms with E-state index in [-0.39, 0.29) is 6.61 Å². The van der Waals surface area contributed by atoms with Gasteiger partial charge in [0.05, 0.1) is 19.8 Å². The van der Waals surface area contributed by atoms with Crippen LogP contribution in [0.5, 0.6) is 0 Å². The fourth-order valence-electron chi connectivity index (χ4n) is 2.69. The zero-order valence-electron chi connectivity index (χ0n) is 13.3. The molecule has 3 rings (SSSR count). The fourth-order valence-corrected chi connectivity index (χ4v) is 2.69. The van der Waals surface area contributed by atoms with E-state index in [1.54, 1.807) is 0 Å². The van der Waals surface area contributed by atoms with E-state index >= 15 is 0 Å². The summed E-state index contributed by atoms with van der Waals surface area (Å²) in [5.74, 6) is 0. The average Bonchev–Trinajstić information content (AvgIpc) is 2.89. The summed E-state index contributed by atoms with van der Waals surface area (Å²) in [7, 11) is 0. The zero-order chi connectivity index (χ0) is 16.8. The van der Waals surface area contributed by atoms with Crippen molar-refractivity contribution in [3.05, 3.63) is 71.8 Å². The molecule has 4 atom stereocenters. The predicted octanol–water partition coefficient (Wildman–Crippen LogP) is 1.87. The van der Waals surface area contributed by atoms with Crippen molar-refractivity contribution in [2.75, 3.05) is 6.61 Å². The van der Waals surface area contributed by atoms with Crippen molar-refractivity contribution in [3.8, 4) is 0 Å². The highest BCUT2D eigenvalue weighted by Crippen LogP contribution is 2.24. The van der Waals surface area contributed by atoms with E-state index in [9.17, 15) is 10.2 Å². The van der Waals surface area contributed by atoms with Gasteiger partial charge in [-0.15, -0.1) is 0 Å². The molecule has 128 valence electrons. The van der Waals surface area contributed by atoms with Crippen LogP contribution in [0.3, 0.4) is 0 Å². The van der Waals surface area contributed by atoms with Gasteiger partial charge in [-0.25, -0.2) is 0 Å². The molecule has 0 aromatic heterocycles. The van der Waals surface area contributed by atoms with E-state index in [1.165, 1.54) is 0 Å². The number of ether oxygens (including phenoxy) is 3. The first kappa shape index (κ1) is 17.1. The van der Waals surface area contributed by atoms with Crippen molar-refractivity contribution in [2.24, 2.45) is 0 Å². The monoisotopic (exact) mass is 330 g/mol. The summed E-state index contributed by atoms with van der Waals surface area (Å²) >= 11 is 0. The molecule has 2 aromatic carbocycles. The Morgan fingerprint density at radius 3 is 2.04 bits per heavy atom. The maximum Gasteiger partial charge on any atom is 0.184 e. The minimum absolute atomic E-state index is 0.239. The Labute approximate surface area is 141 Å². The van der Waals surface area contributed by atoms with Gasteiger partial charge in [0.15, 0.2) is 6.29 Å². The molecular weight excluding hydrogens is 308 g/mol. The first-order chi connectivity index (χ1) is 11.7. The summed E-state index contributed by atoms with van der Waals surface area (Å²) in [6.07, 6.45) is -3.48. The first-order valence-electron chi connectivity index (χ1n) is 8.03. The second kappa shape index (κ2) is 8.37. The van der Waals surface area contributed by atoms with Gasteiger partial charge in [0.2, 0.25) is 0 Å². The summed E-state index contributed by atoms with van der Waals surface area (Å²) in [6, 6.07) is 19.5. The number of rotatable bonds is 7. The number of aliphatic hydroxyl groups excluding tert-OH is 2. The summed E-state index contributed by atoms with van der Waals surface area (Å²) in [6.45, 7) is 1.02. The molecule has 0 radical (unpaired) electrons. The van der Waals surface area contributed by atoms with Gasteiger partial charge in [-0.2, -0.15) is 0 Å². The van der Waals surface area contributed by atoms with Crippen LogP contribution in [0.1, 0.15) is 11.1 Å². The van der Waals surface area contributed by atoms with Crippen LogP contribution in [0.25, 0.3) is 0 Å². The van der Waals surface area contributed by atoms with Gasteiger partial charge in [0.1, 0.15) is 18.3 Å². The molecule has 1 aliphatic heterocycles. The molecule has 0 spiro atoms. The highest BCUT2D eigenvalue weighted by molar-refractivity contribution is 5.14. The minimum Gasteiger partial charge on any atom is -0.385 e. The van der Waals surface area contributed by atoms with E-state index in [0.717, 1.165) is 11.1 Å². The minimum atomic E-state index is -1.25. The molecular formula is C19H22O5. The van der Waals surface area contributed by atoms with Gasteiger partial charge < -0.3 is 24.4 Å². The number of aliphatic hydroxyl groups is 2. The van der Waals surface area contributed by atoms with E-state index in [4.69, 9.17) is 14.2 Å². The van der Waals surface area contributed by atoms with Crippen molar-refractivity contribution < 1.29 is 24.4 Å². The topological polar surface area (TPSA) is 68.2 Å². The van der Waals surface area contributed by atoms with Crippen LogP contribution in [-0.2, 0) is 27.4 Å². The van der Waals surface area contributed by atoms with Crippen LogP contribution in [0.2, 0.25) is 0 Å². The van der Waals surface area contributed by atoms with Crippen LogP contribution < -0.4 is 0 Å². The Morgan fingerprint density at radius 1 is 0.833 bits per heavy atom. The summed E-state index contributed by atoms with van der Waals surface area (Å²) in [4.78, 5) is 0. The lowest BCUT2D eigenvalue weighted by Gasteiger charge is -2.20. The standard InChI is InChI=1S/C19H22O5/c20-17-18(23-12-15-9-5-2-6-10-15)16(24-19(17)21)13-22-11-14-7-3-1-4-8-14/h1-10,16-21H,11-13H2/t16-,17+,18-,19-/m1/s1. The molecule has 1 aliphatic rings. The Hall–Kier alpha value is -1.76. The van der Waals surface area contributed by atoms with Crippen molar-refractivity contribution in [2.45, 2.75) is 37.8 Å². The van der Waals surface area contributed by atoms with Crippen molar-refractivity contribution in [1.82, 2.24) is 0 Å². The largest absolute Gasteiger partial charge is 0.385 e. The van der Waals surface area contributed by atoms with Crippen molar-refractivity contribution in [1.29, 1.82) is 0 Å². The summed E-state index contributed by atoms with van der Waals surface area (Å²) in [5.41, 5.74) is 2.05. The zero-order valence-corrected chi connectivity index (χ0v) is 13.3. The van der Waals surface area contributed by atoms with Gasteiger partial charge >= 0.3 is 0 Å². The van der Waals surface area contributed by atoms with Crippen LogP contribution in [-0.4, -0.2) is 41.4 Å². The molecule has 0 amide bonds. The molecule has 0 bridgehead atoms. The smallest absolute Gasteiger partial charge is 0.184 e. The highest BCUT2D eigenvalue weighted by Gasteiger charge is 2.43. The third-order valence-corrected chi connectivity index (χ3v) is 3.99. The predicted molar refractivity (Wildman–Crippen MR) is 88.0 cm³/mol. The van der Waals surface area contributed by atoms with Gasteiger partial charge in [0.25, 0.3) is 0 Å². The molecule has 1 fully saturated rings. The Balaban J connectivity index is 1.52. The van der Waals surface area contributed by atoms with Gasteiger partial charge in [0, 0.05) is 0 Å². The molecule has 1 saturated heterocycles. The maximum absolute atomic E-state index is 10.1. The molecule has 0 unspecified atom stereocenters. The third-order valence-electron chi connectivity index (χ3n) is 3.99. The molecule has 0 saturated carbocycles. The quantitative estimate of drug-likeness (QED) is 0.811. The number of hydrogen-bond donors (Lipinski definition) is 2. The average molecular weight is 330 g/mol. The Bertz CT molecular complexity index is 604. The van der Waals surface area contributed by atoms with E-state index < -0.39 is 24.6 Å². The SMILES string of the molecule is O[C@H]1[C@H](OCc2ccccc2)[C@@H](COCc2ccccc2)O[C@H]1O. The lowest BCUT2D eigenvalue weighted by atomic mass is 10.1. The van der Waals surface area contributed by atoms with Crippen molar-refractivity contribution in [3.63, 3.8) is 0 Å².